The van der Waals surface area contributed by atoms with E-state index in [0.717, 1.165) is 5.56 Å². The van der Waals surface area contributed by atoms with Crippen molar-refractivity contribution in [2.75, 3.05) is 33.9 Å². The van der Waals surface area contributed by atoms with Crippen molar-refractivity contribution < 1.29 is 27.4 Å². The second kappa shape index (κ2) is 11.2. The molecule has 9 heteroatoms. The molecule has 0 aliphatic heterocycles. The number of carbonyl (C=O) groups excluding carboxylic acids is 1. The molecular weight excluding hydrogens is 408 g/mol. The fourth-order valence-electron chi connectivity index (χ4n) is 2.54. The van der Waals surface area contributed by atoms with Gasteiger partial charge in [0.25, 0.3) is 5.91 Å². The monoisotopic (exact) mass is 434 g/mol. The van der Waals surface area contributed by atoms with Crippen molar-refractivity contribution in [1.29, 1.82) is 0 Å². The second-order valence-electron chi connectivity index (χ2n) is 6.19. The highest BCUT2D eigenvalue weighted by Gasteiger charge is 2.14. The third kappa shape index (κ3) is 6.78. The predicted octanol–water partition coefficient (Wildman–Crippen LogP) is 1.91. The van der Waals surface area contributed by atoms with Crippen LogP contribution in [0.25, 0.3) is 0 Å². The maximum atomic E-state index is 12.2. The van der Waals surface area contributed by atoms with Crippen molar-refractivity contribution >= 4 is 15.9 Å². The molecular formula is C21H26N2O6S. The SMILES string of the molecule is C=CCc1ccc(OCC(=O)NCCNS(=O)(=O)c2ccc(OC)cc2)c(OC)c1. The van der Waals surface area contributed by atoms with Crippen LogP contribution in [0.4, 0.5) is 0 Å². The molecule has 0 bridgehead atoms. The summed E-state index contributed by atoms with van der Waals surface area (Å²) in [5, 5.41) is 2.60. The Morgan fingerprint density at radius 1 is 1.03 bits per heavy atom. The van der Waals surface area contributed by atoms with Crippen LogP contribution in [0.1, 0.15) is 5.56 Å². The standard InChI is InChI=1S/C21H26N2O6S/c1-4-5-16-6-11-19(20(14-16)28-3)29-15-21(24)22-12-13-23-30(25,26)18-9-7-17(27-2)8-10-18/h4,6-11,14,23H,1,5,12-13,15H2,2-3H3,(H,22,24). The molecule has 8 nitrogen and oxygen atoms in total. The van der Waals surface area contributed by atoms with Gasteiger partial charge < -0.3 is 19.5 Å². The molecule has 1 amide bonds. The number of methoxy groups -OCH3 is 2. The molecule has 0 radical (unpaired) electrons. The van der Waals surface area contributed by atoms with Crippen LogP contribution in [0, 0.1) is 0 Å². The molecule has 0 spiro atoms. The number of carbonyl (C=O) groups is 1. The van der Waals surface area contributed by atoms with Gasteiger partial charge in [-0.1, -0.05) is 12.1 Å². The van der Waals surface area contributed by atoms with E-state index >= 15 is 0 Å². The van der Waals surface area contributed by atoms with Gasteiger partial charge in [-0.25, -0.2) is 13.1 Å². The summed E-state index contributed by atoms with van der Waals surface area (Å²) < 4.78 is 42.7. The van der Waals surface area contributed by atoms with E-state index in [2.05, 4.69) is 16.6 Å². The molecule has 2 N–H and O–H groups in total. The first-order chi connectivity index (χ1) is 14.4. The second-order valence-corrected chi connectivity index (χ2v) is 7.96. The molecule has 30 heavy (non-hydrogen) atoms. The van der Waals surface area contributed by atoms with E-state index in [9.17, 15) is 13.2 Å². The van der Waals surface area contributed by atoms with E-state index in [-0.39, 0.29) is 30.5 Å². The molecule has 0 atom stereocenters. The zero-order valence-electron chi connectivity index (χ0n) is 17.0. The topological polar surface area (TPSA) is 103 Å². The lowest BCUT2D eigenvalue weighted by molar-refractivity contribution is -0.123. The molecule has 0 unspecified atom stereocenters. The first kappa shape index (κ1) is 23.2. The molecule has 0 aliphatic rings. The summed E-state index contributed by atoms with van der Waals surface area (Å²) in [7, 11) is -0.643. The van der Waals surface area contributed by atoms with Gasteiger partial charge in [0.2, 0.25) is 10.0 Å². The van der Waals surface area contributed by atoms with E-state index < -0.39 is 10.0 Å². The van der Waals surface area contributed by atoms with E-state index in [0.29, 0.717) is 23.7 Å². The van der Waals surface area contributed by atoms with Gasteiger partial charge in [0.05, 0.1) is 19.1 Å². The number of hydrogen-bond donors (Lipinski definition) is 2. The molecule has 162 valence electrons. The zero-order valence-corrected chi connectivity index (χ0v) is 17.8. The highest BCUT2D eigenvalue weighted by atomic mass is 32.2. The fourth-order valence-corrected chi connectivity index (χ4v) is 3.58. The van der Waals surface area contributed by atoms with Crippen molar-refractivity contribution in [1.82, 2.24) is 10.0 Å². The Hall–Kier alpha value is -3.04. The van der Waals surface area contributed by atoms with Gasteiger partial charge >= 0.3 is 0 Å². The van der Waals surface area contributed by atoms with Gasteiger partial charge in [0, 0.05) is 13.1 Å². The van der Waals surface area contributed by atoms with Crippen molar-refractivity contribution in [2.45, 2.75) is 11.3 Å². The highest BCUT2D eigenvalue weighted by molar-refractivity contribution is 7.89. The van der Waals surface area contributed by atoms with Crippen LogP contribution in [0.3, 0.4) is 0 Å². The fraction of sp³-hybridized carbons (Fsp3) is 0.286. The van der Waals surface area contributed by atoms with Gasteiger partial charge in [-0.3, -0.25) is 4.79 Å². The minimum Gasteiger partial charge on any atom is -0.497 e. The van der Waals surface area contributed by atoms with Crippen molar-refractivity contribution in [2.24, 2.45) is 0 Å². The van der Waals surface area contributed by atoms with Gasteiger partial charge in [0.15, 0.2) is 18.1 Å². The Bertz CT molecular complexity index is 958. The van der Waals surface area contributed by atoms with Crippen LogP contribution in [0.5, 0.6) is 17.2 Å². The zero-order chi connectivity index (χ0) is 22.0. The summed E-state index contributed by atoms with van der Waals surface area (Å²) in [6, 6.07) is 11.4. The molecule has 0 fully saturated rings. The Morgan fingerprint density at radius 3 is 2.40 bits per heavy atom. The highest BCUT2D eigenvalue weighted by Crippen LogP contribution is 2.28. The van der Waals surface area contributed by atoms with Crippen LogP contribution < -0.4 is 24.2 Å². The smallest absolute Gasteiger partial charge is 0.257 e. The Morgan fingerprint density at radius 2 is 1.77 bits per heavy atom. The van der Waals surface area contributed by atoms with E-state index in [4.69, 9.17) is 14.2 Å². The third-order valence-electron chi connectivity index (χ3n) is 4.08. The molecule has 0 saturated carbocycles. The Balaban J connectivity index is 1.77. The Kier molecular flexibility index (Phi) is 8.70. The molecule has 0 aliphatic carbocycles. The summed E-state index contributed by atoms with van der Waals surface area (Å²) >= 11 is 0. The number of rotatable bonds is 12. The normalized spacial score (nSPS) is 10.9. The van der Waals surface area contributed by atoms with Crippen molar-refractivity contribution in [3.05, 3.63) is 60.7 Å². The summed E-state index contributed by atoms with van der Waals surface area (Å²) in [5.74, 6) is 1.15. The third-order valence-corrected chi connectivity index (χ3v) is 5.55. The predicted molar refractivity (Wildman–Crippen MR) is 114 cm³/mol. The molecule has 2 aromatic rings. The van der Waals surface area contributed by atoms with Gasteiger partial charge in [-0.2, -0.15) is 0 Å². The maximum Gasteiger partial charge on any atom is 0.257 e. The van der Waals surface area contributed by atoms with Gasteiger partial charge in [-0.15, -0.1) is 6.58 Å². The number of amides is 1. The lowest BCUT2D eigenvalue weighted by Crippen LogP contribution is -2.36. The number of benzene rings is 2. The van der Waals surface area contributed by atoms with E-state index in [1.807, 2.05) is 12.1 Å². The number of hydrogen-bond acceptors (Lipinski definition) is 6. The van der Waals surface area contributed by atoms with E-state index in [1.165, 1.54) is 26.4 Å². The summed E-state index contributed by atoms with van der Waals surface area (Å²) in [6.07, 6.45) is 2.48. The lowest BCUT2D eigenvalue weighted by Gasteiger charge is -2.12. The number of nitrogens with one attached hydrogen (secondary N) is 2. The molecule has 0 heterocycles. The summed E-state index contributed by atoms with van der Waals surface area (Å²) in [5.41, 5.74) is 1.02. The number of ether oxygens (including phenoxy) is 3. The lowest BCUT2D eigenvalue weighted by atomic mass is 10.1. The van der Waals surface area contributed by atoms with Crippen LogP contribution >= 0.6 is 0 Å². The van der Waals surface area contributed by atoms with Crippen LogP contribution in [-0.4, -0.2) is 48.2 Å². The Labute approximate surface area is 176 Å². The number of allylic oxidation sites excluding steroid dienone is 1. The van der Waals surface area contributed by atoms with Crippen LogP contribution in [-0.2, 0) is 21.2 Å². The maximum absolute atomic E-state index is 12.2. The van der Waals surface area contributed by atoms with Crippen LogP contribution in [0.15, 0.2) is 60.0 Å². The van der Waals surface area contributed by atoms with Crippen molar-refractivity contribution in [3.8, 4) is 17.2 Å². The first-order valence-electron chi connectivity index (χ1n) is 9.20. The average Bonchev–Trinajstić information content (AvgIpc) is 2.76. The first-order valence-corrected chi connectivity index (χ1v) is 10.7. The van der Waals surface area contributed by atoms with E-state index in [1.54, 1.807) is 24.3 Å². The summed E-state index contributed by atoms with van der Waals surface area (Å²) in [4.78, 5) is 12.1. The molecule has 0 saturated heterocycles. The minimum absolute atomic E-state index is 0.0413. The van der Waals surface area contributed by atoms with Crippen molar-refractivity contribution in [3.63, 3.8) is 0 Å². The minimum atomic E-state index is -3.67. The van der Waals surface area contributed by atoms with Crippen LogP contribution in [0.2, 0.25) is 0 Å². The molecule has 0 aromatic heterocycles. The molecule has 2 rings (SSSR count). The largest absolute Gasteiger partial charge is 0.497 e. The average molecular weight is 435 g/mol. The summed E-state index contributed by atoms with van der Waals surface area (Å²) in [6.45, 7) is 3.63. The van der Waals surface area contributed by atoms with Gasteiger partial charge in [-0.05, 0) is 48.4 Å². The quantitative estimate of drug-likeness (QED) is 0.391. The van der Waals surface area contributed by atoms with Gasteiger partial charge in [0.1, 0.15) is 5.75 Å². The molecule has 2 aromatic carbocycles. The number of sulfonamides is 1.